The van der Waals surface area contributed by atoms with Crippen LogP contribution < -0.4 is 5.46 Å². The molecule has 1 aliphatic rings. The fraction of sp³-hybridized carbons (Fsp3) is 0.155. The number of pyridine rings is 3. The molecule has 13 heteroatoms. The van der Waals surface area contributed by atoms with Gasteiger partial charge in [0.25, 0.3) is 0 Å². The first-order valence-corrected chi connectivity index (χ1v) is 28.7. The number of rotatable bonds is 9. The topological polar surface area (TPSA) is 121 Å². The molecule has 7 heterocycles. The van der Waals surface area contributed by atoms with Crippen LogP contribution in [-0.2, 0) is 23.4 Å². The van der Waals surface area contributed by atoms with Crippen molar-refractivity contribution in [3.8, 4) is 22.3 Å². The fourth-order valence-electron chi connectivity index (χ4n) is 9.68. The number of benzene rings is 6. The van der Waals surface area contributed by atoms with Gasteiger partial charge in [-0.05, 0) is 165 Å². The summed E-state index contributed by atoms with van der Waals surface area (Å²) in [6.07, 6.45) is 23.5. The minimum absolute atomic E-state index is 0.350. The monoisotopic (exact) mass is 1170 g/mol. The molecule has 84 heavy (non-hydrogen) atoms. The van der Waals surface area contributed by atoms with E-state index in [1.807, 2.05) is 140 Å². The average molecular weight is 1170 g/mol. The largest absolute Gasteiger partial charge is 0.494 e. The number of fused-ring (bicyclic) bond motifs is 3. The molecule has 1 aliphatic heterocycles. The Kier molecular flexibility index (Phi) is 18.0. The van der Waals surface area contributed by atoms with Gasteiger partial charge in [0.15, 0.2) is 0 Å². The maximum Gasteiger partial charge on any atom is 0.494 e. The van der Waals surface area contributed by atoms with Crippen molar-refractivity contribution < 1.29 is 9.31 Å². The van der Waals surface area contributed by atoms with Crippen LogP contribution in [0.4, 0.5) is 0 Å². The van der Waals surface area contributed by atoms with Crippen LogP contribution in [0.1, 0.15) is 78.2 Å². The number of aromatic nitrogens is 9. The van der Waals surface area contributed by atoms with Gasteiger partial charge in [-0.15, -0.1) is 0 Å². The molecule has 0 aliphatic carbocycles. The van der Waals surface area contributed by atoms with Gasteiger partial charge in [-0.2, -0.15) is 15.3 Å². The lowest BCUT2D eigenvalue weighted by molar-refractivity contribution is 0.00578. The van der Waals surface area contributed by atoms with Gasteiger partial charge in [0, 0.05) is 83.0 Å². The minimum Gasteiger partial charge on any atom is -0.399 e. The highest BCUT2D eigenvalue weighted by atomic mass is 79.9. The Labute approximate surface area is 500 Å². The maximum absolute atomic E-state index is 6.21. The van der Waals surface area contributed by atoms with Crippen LogP contribution in [0.5, 0.6) is 0 Å². The summed E-state index contributed by atoms with van der Waals surface area (Å²) in [5.74, 6) is 0. The molecule has 1 saturated heterocycles. The zero-order chi connectivity index (χ0) is 58.8. The standard InChI is InChI=1S/C22H25BN2O2.C22H19N3.C21H17N3.C6H6BrN/c1-21(2)22(3,4)27-23(26-21)17-12-14-20-18(15-17)19(24-25(20)5)13-11-16-9-7-6-8-10-16;1-16-12-13-23-15-20(16)18-9-11-22-19(14-18)21(24-25(22)2)10-8-17-6-4-3-5-7-17;1-15-11-12-22-14-19(15)17-8-10-21-18(13-17)20(23-24-21)9-7-16-5-3-2-4-6-16;1-5-4-8-3-2-6(5)7/h6-15H,1-5H3;3-15H,1-2H3;2-14H,1H3,(H,23,24);2-4H,1H3/b13-11+;10-8+;9-7+;. The Hall–Kier alpha value is -9.14. The molecule has 11 nitrogen and oxygen atoms in total. The average Bonchev–Trinajstić information content (AvgIpc) is 2.48. The van der Waals surface area contributed by atoms with Crippen LogP contribution in [0.15, 0.2) is 205 Å². The first-order chi connectivity index (χ1) is 40.6. The lowest BCUT2D eigenvalue weighted by atomic mass is 9.78. The summed E-state index contributed by atoms with van der Waals surface area (Å²) in [5, 5.41) is 20.3. The number of nitrogens with one attached hydrogen (secondary N) is 1. The summed E-state index contributed by atoms with van der Waals surface area (Å²) in [4.78, 5) is 12.4. The molecule has 6 aromatic carbocycles. The van der Waals surface area contributed by atoms with Crippen LogP contribution >= 0.6 is 15.9 Å². The summed E-state index contributed by atoms with van der Waals surface area (Å²) in [6, 6.07) is 55.9. The van der Waals surface area contributed by atoms with E-state index in [2.05, 4.69) is 214 Å². The smallest absolute Gasteiger partial charge is 0.399 e. The SMILES string of the molecule is Cc1ccncc1-c1ccc2[nH]nc(/C=C/c3ccccc3)c2c1.Cc1ccncc1-c1ccc2c(c1)c(/C=C/c1ccccc1)nn2C.Cc1cnccc1Br.Cn1nc(/C=C/c2ccccc2)c2cc(B3OC(C)(C)C(C)(C)O3)ccc21. The van der Waals surface area contributed by atoms with Gasteiger partial charge < -0.3 is 9.31 Å². The molecule has 1 fully saturated rings. The van der Waals surface area contributed by atoms with Crippen molar-refractivity contribution in [2.75, 3.05) is 0 Å². The first kappa shape index (κ1) is 58.1. The lowest BCUT2D eigenvalue weighted by Gasteiger charge is -2.32. The third-order valence-electron chi connectivity index (χ3n) is 15.3. The molecule has 0 saturated carbocycles. The first-order valence-electron chi connectivity index (χ1n) is 28.0. The van der Waals surface area contributed by atoms with E-state index in [9.17, 15) is 0 Å². The Balaban J connectivity index is 0.000000132. The lowest BCUT2D eigenvalue weighted by Crippen LogP contribution is -2.41. The summed E-state index contributed by atoms with van der Waals surface area (Å²) in [7, 11) is 3.58. The normalized spacial score (nSPS) is 13.5. The molecule has 0 amide bonds. The molecule has 0 atom stereocenters. The van der Waals surface area contributed by atoms with E-state index in [1.54, 1.807) is 6.20 Å². The van der Waals surface area contributed by atoms with Gasteiger partial charge in [0.05, 0.1) is 44.8 Å². The summed E-state index contributed by atoms with van der Waals surface area (Å²) in [6.45, 7) is 14.5. The van der Waals surface area contributed by atoms with Crippen molar-refractivity contribution in [3.63, 3.8) is 0 Å². The second-order valence-corrected chi connectivity index (χ2v) is 22.6. The highest BCUT2D eigenvalue weighted by Gasteiger charge is 2.51. The number of aromatic amines is 1. The number of nitrogens with zero attached hydrogens (tertiary/aromatic N) is 8. The second kappa shape index (κ2) is 26.0. The molecule has 12 aromatic rings. The van der Waals surface area contributed by atoms with E-state index < -0.39 is 0 Å². The molecule has 418 valence electrons. The summed E-state index contributed by atoms with van der Waals surface area (Å²) >= 11 is 3.36. The zero-order valence-corrected chi connectivity index (χ0v) is 50.5. The Morgan fingerprint density at radius 1 is 0.464 bits per heavy atom. The minimum atomic E-state index is -0.370. The molecule has 1 N–H and O–H groups in total. The Bertz CT molecular complexity index is 4260. The van der Waals surface area contributed by atoms with E-state index in [-0.39, 0.29) is 18.3 Å². The van der Waals surface area contributed by atoms with E-state index >= 15 is 0 Å². The van der Waals surface area contributed by atoms with E-state index in [0.29, 0.717) is 0 Å². The number of hydrogen-bond acceptors (Lipinski definition) is 8. The Morgan fingerprint density at radius 3 is 1.38 bits per heavy atom. The van der Waals surface area contributed by atoms with Crippen LogP contribution in [0.2, 0.25) is 0 Å². The van der Waals surface area contributed by atoms with Crippen molar-refractivity contribution in [2.24, 2.45) is 14.1 Å². The van der Waals surface area contributed by atoms with Crippen LogP contribution in [-0.4, -0.2) is 63.0 Å². The number of aryl methyl sites for hydroxylation is 5. The van der Waals surface area contributed by atoms with Crippen molar-refractivity contribution in [3.05, 3.63) is 256 Å². The number of hydrogen-bond donors (Lipinski definition) is 1. The molecule has 0 radical (unpaired) electrons. The van der Waals surface area contributed by atoms with Gasteiger partial charge in [0.1, 0.15) is 0 Å². The van der Waals surface area contributed by atoms with Gasteiger partial charge in [-0.1, -0.05) is 149 Å². The Morgan fingerprint density at radius 2 is 0.905 bits per heavy atom. The number of H-pyrrole nitrogens is 1. The van der Waals surface area contributed by atoms with Gasteiger partial charge in [0.2, 0.25) is 0 Å². The summed E-state index contributed by atoms with van der Waals surface area (Å²) < 4.78 is 17.4. The third-order valence-corrected chi connectivity index (χ3v) is 16.1. The highest BCUT2D eigenvalue weighted by Crippen LogP contribution is 2.37. The van der Waals surface area contributed by atoms with Crippen molar-refractivity contribution >= 4 is 97.7 Å². The van der Waals surface area contributed by atoms with Crippen LogP contribution in [0.25, 0.3) is 91.4 Å². The van der Waals surface area contributed by atoms with Crippen molar-refractivity contribution in [2.45, 2.75) is 59.7 Å². The molecule has 13 rings (SSSR count). The molecule has 0 bridgehead atoms. The van der Waals surface area contributed by atoms with Gasteiger partial charge in [-0.3, -0.25) is 29.4 Å². The second-order valence-electron chi connectivity index (χ2n) is 21.7. The van der Waals surface area contributed by atoms with Crippen LogP contribution in [0.3, 0.4) is 0 Å². The van der Waals surface area contributed by atoms with Gasteiger partial charge >= 0.3 is 7.12 Å². The van der Waals surface area contributed by atoms with E-state index in [0.717, 1.165) is 87.5 Å². The molecular formula is C71H67BBrN9O2. The molecule has 0 spiro atoms. The van der Waals surface area contributed by atoms with E-state index in [1.165, 1.54) is 27.8 Å². The van der Waals surface area contributed by atoms with Crippen LogP contribution in [0, 0.1) is 20.8 Å². The highest BCUT2D eigenvalue weighted by molar-refractivity contribution is 9.10. The number of halogens is 1. The fourth-order valence-corrected chi connectivity index (χ4v) is 9.90. The maximum atomic E-state index is 6.21. The predicted octanol–water partition coefficient (Wildman–Crippen LogP) is 16.4. The van der Waals surface area contributed by atoms with Crippen molar-refractivity contribution in [1.82, 2.24) is 44.7 Å². The van der Waals surface area contributed by atoms with Crippen molar-refractivity contribution in [1.29, 1.82) is 0 Å². The molecule has 0 unspecified atom stereocenters. The molecular weight excluding hydrogens is 1100 g/mol. The quantitative estimate of drug-likeness (QED) is 0.142. The van der Waals surface area contributed by atoms with Gasteiger partial charge in [-0.25, -0.2) is 0 Å². The predicted molar refractivity (Wildman–Crippen MR) is 352 cm³/mol. The third kappa shape index (κ3) is 13.7. The summed E-state index contributed by atoms with van der Waals surface area (Å²) in [5.41, 5.74) is 18.1. The zero-order valence-electron chi connectivity index (χ0n) is 48.9. The molecule has 6 aromatic heterocycles. The van der Waals surface area contributed by atoms with E-state index in [4.69, 9.17) is 9.31 Å².